The summed E-state index contributed by atoms with van der Waals surface area (Å²) in [5.74, 6) is -1.82. The normalized spacial score (nSPS) is 10.1. The molecule has 0 saturated heterocycles. The minimum Gasteiger partial charge on any atom is -0.478 e. The zero-order chi connectivity index (χ0) is 14.4. The number of carbonyl (C=O) groups is 2. The van der Waals surface area contributed by atoms with Gasteiger partial charge in [0, 0.05) is 13.6 Å². The van der Waals surface area contributed by atoms with Gasteiger partial charge in [0.1, 0.15) is 5.82 Å². The van der Waals surface area contributed by atoms with Crippen molar-refractivity contribution < 1.29 is 19.1 Å². The van der Waals surface area contributed by atoms with Crippen LogP contribution in [0.4, 0.5) is 14.9 Å². The number of anilines is 1. The highest BCUT2D eigenvalue weighted by Gasteiger charge is 2.15. The summed E-state index contributed by atoms with van der Waals surface area (Å²) in [6.45, 7) is 2.56. The molecule has 0 bridgehead atoms. The van der Waals surface area contributed by atoms with E-state index in [1.807, 2.05) is 6.92 Å². The van der Waals surface area contributed by atoms with Crippen LogP contribution in [-0.2, 0) is 0 Å². The van der Waals surface area contributed by atoms with E-state index in [1.165, 1.54) is 4.90 Å². The second-order valence-electron chi connectivity index (χ2n) is 4.20. The smallest absolute Gasteiger partial charge is 0.337 e. The van der Waals surface area contributed by atoms with Crippen LogP contribution in [0.2, 0.25) is 0 Å². The molecule has 0 aliphatic heterocycles. The van der Waals surface area contributed by atoms with Gasteiger partial charge in [-0.25, -0.2) is 14.0 Å². The first-order valence-corrected chi connectivity index (χ1v) is 6.00. The Labute approximate surface area is 111 Å². The van der Waals surface area contributed by atoms with E-state index in [-0.39, 0.29) is 11.3 Å². The maximum absolute atomic E-state index is 13.1. The fourth-order valence-electron chi connectivity index (χ4n) is 1.51. The second kappa shape index (κ2) is 6.72. The molecule has 5 nitrogen and oxygen atoms in total. The minimum absolute atomic E-state index is 0.0409. The largest absolute Gasteiger partial charge is 0.478 e. The Morgan fingerprint density at radius 3 is 2.68 bits per heavy atom. The lowest BCUT2D eigenvalue weighted by atomic mass is 10.2. The van der Waals surface area contributed by atoms with Crippen molar-refractivity contribution in [1.29, 1.82) is 0 Å². The van der Waals surface area contributed by atoms with Crippen molar-refractivity contribution in [1.82, 2.24) is 4.90 Å². The van der Waals surface area contributed by atoms with Crippen molar-refractivity contribution in [3.63, 3.8) is 0 Å². The summed E-state index contributed by atoms with van der Waals surface area (Å²) in [5, 5.41) is 11.4. The molecule has 104 valence electrons. The predicted molar refractivity (Wildman–Crippen MR) is 69.9 cm³/mol. The van der Waals surface area contributed by atoms with Gasteiger partial charge in [0.25, 0.3) is 0 Å². The Morgan fingerprint density at radius 1 is 1.42 bits per heavy atom. The first-order chi connectivity index (χ1) is 8.95. The summed E-state index contributed by atoms with van der Waals surface area (Å²) in [4.78, 5) is 24.2. The molecule has 2 amide bonds. The van der Waals surface area contributed by atoms with E-state index in [0.29, 0.717) is 6.54 Å². The van der Waals surface area contributed by atoms with E-state index >= 15 is 0 Å². The molecule has 0 spiro atoms. The molecule has 0 atom stereocenters. The van der Waals surface area contributed by atoms with Crippen molar-refractivity contribution in [2.45, 2.75) is 19.8 Å². The van der Waals surface area contributed by atoms with Gasteiger partial charge in [-0.1, -0.05) is 13.3 Å². The zero-order valence-electron chi connectivity index (χ0n) is 10.9. The van der Waals surface area contributed by atoms with Crippen molar-refractivity contribution >= 4 is 17.7 Å². The molecule has 0 fully saturated rings. The van der Waals surface area contributed by atoms with Gasteiger partial charge >= 0.3 is 12.0 Å². The third-order valence-electron chi connectivity index (χ3n) is 2.65. The van der Waals surface area contributed by atoms with Crippen molar-refractivity contribution in [2.75, 3.05) is 18.9 Å². The van der Waals surface area contributed by atoms with Gasteiger partial charge in [0.2, 0.25) is 0 Å². The number of nitrogens with one attached hydrogen (secondary N) is 1. The Morgan fingerprint density at radius 2 is 2.11 bits per heavy atom. The molecule has 0 aromatic heterocycles. The van der Waals surface area contributed by atoms with Gasteiger partial charge in [-0.3, -0.25) is 0 Å². The Kier molecular flexibility index (Phi) is 5.29. The Hall–Kier alpha value is -2.11. The highest BCUT2D eigenvalue weighted by Crippen LogP contribution is 2.17. The molecule has 1 aromatic rings. The molecule has 0 unspecified atom stereocenters. The molecule has 0 saturated carbocycles. The van der Waals surface area contributed by atoms with Gasteiger partial charge in [0.05, 0.1) is 11.3 Å². The van der Waals surface area contributed by atoms with Crippen molar-refractivity contribution in [3.8, 4) is 0 Å². The number of carboxylic acids is 1. The van der Waals surface area contributed by atoms with E-state index in [2.05, 4.69) is 5.32 Å². The van der Waals surface area contributed by atoms with Crippen molar-refractivity contribution in [2.24, 2.45) is 0 Å². The summed E-state index contributed by atoms with van der Waals surface area (Å²) < 4.78 is 13.1. The third kappa shape index (κ3) is 4.24. The third-order valence-corrected chi connectivity index (χ3v) is 2.65. The predicted octanol–water partition coefficient (Wildman–Crippen LogP) is 2.79. The number of carbonyl (C=O) groups excluding carboxylic acids is 1. The van der Waals surface area contributed by atoms with Crippen molar-refractivity contribution in [3.05, 3.63) is 29.6 Å². The van der Waals surface area contributed by atoms with Crippen LogP contribution in [-0.4, -0.2) is 35.6 Å². The van der Waals surface area contributed by atoms with Gasteiger partial charge in [0.15, 0.2) is 0 Å². The number of rotatable bonds is 5. The lowest BCUT2D eigenvalue weighted by Gasteiger charge is -2.18. The fourth-order valence-corrected chi connectivity index (χ4v) is 1.51. The van der Waals surface area contributed by atoms with Crippen LogP contribution in [0.3, 0.4) is 0 Å². The van der Waals surface area contributed by atoms with Crippen LogP contribution < -0.4 is 5.32 Å². The van der Waals surface area contributed by atoms with Crippen LogP contribution in [0, 0.1) is 5.82 Å². The molecule has 6 heteroatoms. The summed E-state index contributed by atoms with van der Waals surface area (Å²) in [5.41, 5.74) is -0.181. The van der Waals surface area contributed by atoms with Gasteiger partial charge in [-0.05, 0) is 24.6 Å². The number of amides is 2. The number of hydrogen-bond acceptors (Lipinski definition) is 2. The number of urea groups is 1. The van der Waals surface area contributed by atoms with E-state index in [0.717, 1.165) is 31.0 Å². The number of benzene rings is 1. The summed E-state index contributed by atoms with van der Waals surface area (Å²) in [7, 11) is 1.60. The monoisotopic (exact) mass is 268 g/mol. The molecule has 2 N–H and O–H groups in total. The molecule has 0 heterocycles. The van der Waals surface area contributed by atoms with E-state index in [9.17, 15) is 14.0 Å². The average molecular weight is 268 g/mol. The van der Waals surface area contributed by atoms with Crippen LogP contribution >= 0.6 is 0 Å². The number of aromatic carboxylic acids is 1. The standard InChI is InChI=1S/C13H17FN2O3/c1-3-4-7-16(2)13(19)15-11-8-9(14)5-6-10(11)12(17)18/h5-6,8H,3-4,7H2,1-2H3,(H,15,19)(H,17,18). The summed E-state index contributed by atoms with van der Waals surface area (Å²) >= 11 is 0. The van der Waals surface area contributed by atoms with Crippen LogP contribution in [0.25, 0.3) is 0 Å². The zero-order valence-corrected chi connectivity index (χ0v) is 10.9. The maximum Gasteiger partial charge on any atom is 0.337 e. The molecule has 0 aliphatic rings. The Bertz CT molecular complexity index is 477. The molecule has 1 rings (SSSR count). The molecular weight excluding hydrogens is 251 g/mol. The first-order valence-electron chi connectivity index (χ1n) is 6.00. The van der Waals surface area contributed by atoms with E-state index in [4.69, 9.17) is 5.11 Å². The number of nitrogens with zero attached hydrogens (tertiary/aromatic N) is 1. The van der Waals surface area contributed by atoms with E-state index in [1.54, 1.807) is 7.05 Å². The highest BCUT2D eigenvalue weighted by molar-refractivity contribution is 5.99. The molecule has 19 heavy (non-hydrogen) atoms. The fraction of sp³-hybridized carbons (Fsp3) is 0.385. The van der Waals surface area contributed by atoms with Gasteiger partial charge < -0.3 is 15.3 Å². The first kappa shape index (κ1) is 14.9. The van der Waals surface area contributed by atoms with Crippen LogP contribution in [0.1, 0.15) is 30.1 Å². The van der Waals surface area contributed by atoms with Crippen LogP contribution in [0.5, 0.6) is 0 Å². The maximum atomic E-state index is 13.1. The topological polar surface area (TPSA) is 69.6 Å². The van der Waals surface area contributed by atoms with Gasteiger partial charge in [-0.2, -0.15) is 0 Å². The summed E-state index contributed by atoms with van der Waals surface area (Å²) in [6, 6.07) is 2.70. The number of carboxylic acid groups (broad SMARTS) is 1. The highest BCUT2D eigenvalue weighted by atomic mass is 19.1. The number of halogens is 1. The second-order valence-corrected chi connectivity index (χ2v) is 4.20. The van der Waals surface area contributed by atoms with Crippen LogP contribution in [0.15, 0.2) is 18.2 Å². The average Bonchev–Trinajstić information content (AvgIpc) is 2.35. The quantitative estimate of drug-likeness (QED) is 0.862. The lowest BCUT2D eigenvalue weighted by Crippen LogP contribution is -2.32. The van der Waals surface area contributed by atoms with Gasteiger partial charge in [-0.15, -0.1) is 0 Å². The number of unbranched alkanes of at least 4 members (excludes halogenated alkanes) is 1. The molecule has 0 aliphatic carbocycles. The lowest BCUT2D eigenvalue weighted by molar-refractivity contribution is 0.0698. The SMILES string of the molecule is CCCCN(C)C(=O)Nc1cc(F)ccc1C(=O)O. The molecule has 1 aromatic carbocycles. The Balaban J connectivity index is 2.83. The minimum atomic E-state index is -1.22. The summed E-state index contributed by atoms with van der Waals surface area (Å²) in [6.07, 6.45) is 1.79. The molecular formula is C13H17FN2O3. The number of hydrogen-bond donors (Lipinski definition) is 2. The molecule has 0 radical (unpaired) electrons. The van der Waals surface area contributed by atoms with E-state index < -0.39 is 17.8 Å².